The number of aromatic nitrogens is 1. The number of pyridine rings is 1. The molecule has 2 heterocycles. The summed E-state index contributed by atoms with van der Waals surface area (Å²) in [7, 11) is 3.30. The Kier molecular flexibility index (Phi) is 4.06. The highest BCUT2D eigenvalue weighted by Gasteiger charge is 2.21. The van der Waals surface area contributed by atoms with Gasteiger partial charge in [0.1, 0.15) is 5.82 Å². The summed E-state index contributed by atoms with van der Waals surface area (Å²) in [6.07, 6.45) is 4.00. The van der Waals surface area contributed by atoms with Crippen molar-refractivity contribution >= 4 is 28.2 Å². The first-order valence-corrected chi connectivity index (χ1v) is 7.56. The van der Waals surface area contributed by atoms with Gasteiger partial charge in [-0.05, 0) is 36.4 Å². The molecule has 1 aliphatic heterocycles. The van der Waals surface area contributed by atoms with Gasteiger partial charge < -0.3 is 14.4 Å². The number of hydrogen-bond acceptors (Lipinski definition) is 4. The Bertz CT molecular complexity index is 647. The van der Waals surface area contributed by atoms with Crippen molar-refractivity contribution in [3.05, 3.63) is 24.4 Å². The van der Waals surface area contributed by atoms with Gasteiger partial charge in [0, 0.05) is 24.7 Å². The van der Waals surface area contributed by atoms with E-state index in [2.05, 4.69) is 9.88 Å². The standard InChI is InChI=1S/C16H19ClN2O2/c1-20-14-8-11-5-6-18-16(13(11)9-15(14)21-2)19-7-3-4-12(17)10-19/h5-6,8-9,12H,3-4,7,10H2,1-2H3. The van der Waals surface area contributed by atoms with Crippen LogP contribution >= 0.6 is 11.6 Å². The molecule has 2 aromatic rings. The first-order valence-electron chi connectivity index (χ1n) is 7.12. The van der Waals surface area contributed by atoms with Crippen LogP contribution < -0.4 is 14.4 Å². The minimum absolute atomic E-state index is 0.191. The minimum atomic E-state index is 0.191. The fourth-order valence-electron chi connectivity index (χ4n) is 2.85. The van der Waals surface area contributed by atoms with Crippen molar-refractivity contribution < 1.29 is 9.47 Å². The zero-order chi connectivity index (χ0) is 14.8. The van der Waals surface area contributed by atoms with Crippen molar-refractivity contribution in [3.8, 4) is 11.5 Å². The Morgan fingerprint density at radius 1 is 1.24 bits per heavy atom. The lowest BCUT2D eigenvalue weighted by Gasteiger charge is -2.31. The van der Waals surface area contributed by atoms with Gasteiger partial charge in [0.15, 0.2) is 11.5 Å². The Balaban J connectivity index is 2.10. The number of hydrogen-bond donors (Lipinski definition) is 0. The summed E-state index contributed by atoms with van der Waals surface area (Å²) in [5.41, 5.74) is 0. The number of benzene rings is 1. The van der Waals surface area contributed by atoms with Gasteiger partial charge in [-0.2, -0.15) is 0 Å². The average molecular weight is 307 g/mol. The van der Waals surface area contributed by atoms with E-state index in [0.29, 0.717) is 0 Å². The van der Waals surface area contributed by atoms with Gasteiger partial charge in [0.2, 0.25) is 0 Å². The molecule has 1 fully saturated rings. The lowest BCUT2D eigenvalue weighted by Crippen LogP contribution is -2.36. The molecule has 1 saturated heterocycles. The lowest BCUT2D eigenvalue weighted by atomic mass is 10.1. The Labute approximate surface area is 129 Å². The number of nitrogens with zero attached hydrogens (tertiary/aromatic N) is 2. The summed E-state index contributed by atoms with van der Waals surface area (Å²) in [5.74, 6) is 2.42. The molecule has 1 aromatic carbocycles. The van der Waals surface area contributed by atoms with Crippen molar-refractivity contribution in [2.75, 3.05) is 32.2 Å². The van der Waals surface area contributed by atoms with Gasteiger partial charge >= 0.3 is 0 Å². The summed E-state index contributed by atoms with van der Waals surface area (Å²) in [5, 5.41) is 2.35. The molecule has 1 atom stereocenters. The quantitative estimate of drug-likeness (QED) is 0.813. The molecule has 1 aromatic heterocycles. The molecule has 0 bridgehead atoms. The summed E-state index contributed by atoms with van der Waals surface area (Å²) in [6, 6.07) is 5.97. The van der Waals surface area contributed by atoms with E-state index in [1.807, 2.05) is 24.4 Å². The second-order valence-corrected chi connectivity index (χ2v) is 5.87. The van der Waals surface area contributed by atoms with Gasteiger partial charge in [-0.25, -0.2) is 4.98 Å². The topological polar surface area (TPSA) is 34.6 Å². The molecule has 0 radical (unpaired) electrons. The summed E-state index contributed by atoms with van der Waals surface area (Å²) in [4.78, 5) is 6.83. The molecule has 3 rings (SSSR count). The van der Waals surface area contributed by atoms with E-state index in [0.717, 1.165) is 54.0 Å². The third kappa shape index (κ3) is 2.72. The monoisotopic (exact) mass is 306 g/mol. The molecular formula is C16H19ClN2O2. The fourth-order valence-corrected chi connectivity index (χ4v) is 3.17. The van der Waals surface area contributed by atoms with Crippen molar-refractivity contribution in [1.82, 2.24) is 4.98 Å². The van der Waals surface area contributed by atoms with Gasteiger partial charge in [-0.1, -0.05) is 0 Å². The van der Waals surface area contributed by atoms with Crippen LogP contribution in [0.3, 0.4) is 0 Å². The predicted molar refractivity (Wildman–Crippen MR) is 85.9 cm³/mol. The van der Waals surface area contributed by atoms with E-state index >= 15 is 0 Å². The van der Waals surface area contributed by atoms with Crippen LogP contribution in [0.5, 0.6) is 11.5 Å². The number of ether oxygens (including phenoxy) is 2. The number of fused-ring (bicyclic) bond motifs is 1. The first-order chi connectivity index (χ1) is 10.2. The molecule has 1 aliphatic rings. The summed E-state index contributed by atoms with van der Waals surface area (Å²) in [6.45, 7) is 1.83. The van der Waals surface area contributed by atoms with E-state index in [1.54, 1.807) is 14.2 Å². The molecule has 21 heavy (non-hydrogen) atoms. The van der Waals surface area contributed by atoms with Gasteiger partial charge in [0.25, 0.3) is 0 Å². The molecule has 112 valence electrons. The van der Waals surface area contributed by atoms with E-state index < -0.39 is 0 Å². The second kappa shape index (κ2) is 5.98. The molecule has 0 spiro atoms. The minimum Gasteiger partial charge on any atom is -0.493 e. The van der Waals surface area contributed by atoms with Gasteiger partial charge in [-0.15, -0.1) is 11.6 Å². The van der Waals surface area contributed by atoms with E-state index in [9.17, 15) is 0 Å². The number of halogens is 1. The second-order valence-electron chi connectivity index (χ2n) is 5.25. The van der Waals surface area contributed by atoms with Crippen LogP contribution in [-0.2, 0) is 0 Å². The number of anilines is 1. The smallest absolute Gasteiger partial charge is 0.161 e. The number of piperidine rings is 1. The van der Waals surface area contributed by atoms with Crippen LogP contribution in [-0.4, -0.2) is 37.7 Å². The zero-order valence-electron chi connectivity index (χ0n) is 12.3. The largest absolute Gasteiger partial charge is 0.493 e. The maximum atomic E-state index is 6.30. The molecule has 5 heteroatoms. The summed E-state index contributed by atoms with van der Waals surface area (Å²) >= 11 is 6.30. The van der Waals surface area contributed by atoms with E-state index in [4.69, 9.17) is 21.1 Å². The number of rotatable bonds is 3. The van der Waals surface area contributed by atoms with Crippen LogP contribution in [0.15, 0.2) is 24.4 Å². The summed E-state index contributed by atoms with van der Waals surface area (Å²) < 4.78 is 10.8. The first kappa shape index (κ1) is 14.3. The maximum absolute atomic E-state index is 6.30. The van der Waals surface area contributed by atoms with Crippen molar-refractivity contribution in [1.29, 1.82) is 0 Å². The zero-order valence-corrected chi connectivity index (χ0v) is 13.1. The van der Waals surface area contributed by atoms with Crippen molar-refractivity contribution in [2.24, 2.45) is 0 Å². The fraction of sp³-hybridized carbons (Fsp3) is 0.438. The van der Waals surface area contributed by atoms with Gasteiger partial charge in [0.05, 0.1) is 19.6 Å². The highest BCUT2D eigenvalue weighted by atomic mass is 35.5. The average Bonchev–Trinajstić information content (AvgIpc) is 2.52. The lowest BCUT2D eigenvalue weighted by molar-refractivity contribution is 0.356. The normalized spacial score (nSPS) is 18.8. The molecule has 1 unspecified atom stereocenters. The SMILES string of the molecule is COc1cc2ccnc(N3CCCC(Cl)C3)c2cc1OC. The van der Waals surface area contributed by atoms with Crippen LogP contribution in [0.4, 0.5) is 5.82 Å². The van der Waals surface area contributed by atoms with Crippen molar-refractivity contribution in [3.63, 3.8) is 0 Å². The van der Waals surface area contributed by atoms with E-state index in [1.165, 1.54) is 0 Å². The highest BCUT2D eigenvalue weighted by molar-refractivity contribution is 6.21. The molecule has 0 saturated carbocycles. The maximum Gasteiger partial charge on any atom is 0.161 e. The van der Waals surface area contributed by atoms with E-state index in [-0.39, 0.29) is 5.38 Å². The predicted octanol–water partition coefficient (Wildman–Crippen LogP) is 3.46. The third-order valence-electron chi connectivity index (χ3n) is 3.91. The molecule has 0 aliphatic carbocycles. The highest BCUT2D eigenvalue weighted by Crippen LogP contribution is 2.36. The Morgan fingerprint density at radius 3 is 2.71 bits per heavy atom. The molecule has 4 nitrogen and oxygen atoms in total. The molecule has 0 N–H and O–H groups in total. The van der Waals surface area contributed by atoms with Gasteiger partial charge in [-0.3, -0.25) is 0 Å². The number of alkyl halides is 1. The number of methoxy groups -OCH3 is 2. The Morgan fingerprint density at radius 2 is 2.00 bits per heavy atom. The van der Waals surface area contributed by atoms with Crippen LogP contribution in [0.2, 0.25) is 0 Å². The third-order valence-corrected chi connectivity index (χ3v) is 4.27. The van der Waals surface area contributed by atoms with Crippen LogP contribution in [0, 0.1) is 0 Å². The van der Waals surface area contributed by atoms with Crippen LogP contribution in [0.1, 0.15) is 12.8 Å². The Hall–Kier alpha value is -1.68. The van der Waals surface area contributed by atoms with Crippen LogP contribution in [0.25, 0.3) is 10.8 Å². The molecular weight excluding hydrogens is 288 g/mol. The molecule has 0 amide bonds. The van der Waals surface area contributed by atoms with Crippen molar-refractivity contribution in [2.45, 2.75) is 18.2 Å².